The summed E-state index contributed by atoms with van der Waals surface area (Å²) in [5.41, 5.74) is 5.89. The van der Waals surface area contributed by atoms with Crippen LogP contribution < -0.4 is 14.9 Å². The molecule has 0 bridgehead atoms. The lowest BCUT2D eigenvalue weighted by Crippen LogP contribution is -2.17. The van der Waals surface area contributed by atoms with E-state index in [9.17, 15) is 9.90 Å². The fourth-order valence-electron chi connectivity index (χ4n) is 2.80. The average Bonchev–Trinajstić information content (AvgIpc) is 2.74. The Bertz CT molecular complexity index is 1030. The first-order valence-corrected chi connectivity index (χ1v) is 9.63. The molecule has 1 amide bonds. The van der Waals surface area contributed by atoms with Crippen LogP contribution in [0.15, 0.2) is 71.8 Å². The Balaban J connectivity index is 1.65. The van der Waals surface area contributed by atoms with Crippen LogP contribution in [-0.2, 0) is 6.61 Å². The number of phenols is 1. The van der Waals surface area contributed by atoms with Gasteiger partial charge in [0, 0.05) is 5.56 Å². The number of nitrogens with zero attached hydrogens (tertiary/aromatic N) is 1. The molecule has 3 aromatic rings. The topological polar surface area (TPSA) is 80.2 Å². The normalized spacial score (nSPS) is 10.7. The Morgan fingerprint density at radius 3 is 2.57 bits per heavy atom. The third-order valence-electron chi connectivity index (χ3n) is 4.25. The van der Waals surface area contributed by atoms with Gasteiger partial charge in [-0.2, -0.15) is 5.10 Å². The number of aryl methyl sites for hydroxylation is 1. The van der Waals surface area contributed by atoms with Gasteiger partial charge in [-0.3, -0.25) is 4.79 Å². The minimum atomic E-state index is -0.366. The lowest BCUT2D eigenvalue weighted by atomic mass is 10.1. The van der Waals surface area contributed by atoms with Gasteiger partial charge in [0.05, 0.1) is 12.8 Å². The van der Waals surface area contributed by atoms with E-state index in [1.54, 1.807) is 0 Å². The van der Waals surface area contributed by atoms with Crippen LogP contribution in [0.4, 0.5) is 0 Å². The predicted octanol–water partition coefficient (Wildman–Crippen LogP) is 4.44. The number of rotatable bonds is 8. The van der Waals surface area contributed by atoms with Gasteiger partial charge in [-0.15, -0.1) is 0 Å². The molecule has 0 spiro atoms. The largest absolute Gasteiger partial charge is 0.508 e. The monoisotopic (exact) mass is 404 g/mol. The minimum absolute atomic E-state index is 0.100. The molecule has 0 aliphatic rings. The molecule has 0 fully saturated rings. The van der Waals surface area contributed by atoms with Crippen LogP contribution in [0.3, 0.4) is 0 Å². The molecular weight excluding hydrogens is 380 g/mol. The SMILES string of the molecule is CCOc1cc(/C=N/NC(=O)c2ccc(O)cc2)ccc1OCc1cccc(C)c1. The van der Waals surface area contributed by atoms with E-state index in [0.717, 1.165) is 11.1 Å². The number of benzene rings is 3. The highest BCUT2D eigenvalue weighted by Crippen LogP contribution is 2.29. The summed E-state index contributed by atoms with van der Waals surface area (Å²) >= 11 is 0. The lowest BCUT2D eigenvalue weighted by Gasteiger charge is -2.13. The highest BCUT2D eigenvalue weighted by molar-refractivity contribution is 5.95. The van der Waals surface area contributed by atoms with Crippen molar-refractivity contribution in [2.45, 2.75) is 20.5 Å². The number of hydrogen-bond acceptors (Lipinski definition) is 5. The quantitative estimate of drug-likeness (QED) is 0.430. The van der Waals surface area contributed by atoms with E-state index in [0.29, 0.717) is 30.3 Å². The van der Waals surface area contributed by atoms with Gasteiger partial charge in [0.2, 0.25) is 0 Å². The Morgan fingerprint density at radius 2 is 1.83 bits per heavy atom. The molecule has 0 saturated heterocycles. The van der Waals surface area contributed by atoms with Gasteiger partial charge < -0.3 is 14.6 Å². The average molecular weight is 404 g/mol. The first-order chi connectivity index (χ1) is 14.5. The molecule has 6 nitrogen and oxygen atoms in total. The third-order valence-corrected chi connectivity index (χ3v) is 4.25. The second kappa shape index (κ2) is 10.1. The van der Waals surface area contributed by atoms with Crippen molar-refractivity contribution < 1.29 is 19.4 Å². The first kappa shape index (κ1) is 20.9. The summed E-state index contributed by atoms with van der Waals surface area (Å²) in [6, 6.07) is 19.6. The summed E-state index contributed by atoms with van der Waals surface area (Å²) in [5, 5.41) is 13.3. The summed E-state index contributed by atoms with van der Waals surface area (Å²) in [4.78, 5) is 12.1. The maximum absolute atomic E-state index is 12.1. The van der Waals surface area contributed by atoms with E-state index >= 15 is 0 Å². The molecule has 0 aliphatic heterocycles. The van der Waals surface area contributed by atoms with E-state index < -0.39 is 0 Å². The van der Waals surface area contributed by atoms with Crippen molar-refractivity contribution in [3.63, 3.8) is 0 Å². The van der Waals surface area contributed by atoms with E-state index in [4.69, 9.17) is 9.47 Å². The molecule has 30 heavy (non-hydrogen) atoms. The Kier molecular flexibility index (Phi) is 7.05. The van der Waals surface area contributed by atoms with Gasteiger partial charge in [-0.25, -0.2) is 5.43 Å². The van der Waals surface area contributed by atoms with E-state index in [2.05, 4.69) is 16.6 Å². The third kappa shape index (κ3) is 5.85. The number of ether oxygens (including phenoxy) is 2. The van der Waals surface area contributed by atoms with Crippen LogP contribution in [-0.4, -0.2) is 23.8 Å². The second-order valence-electron chi connectivity index (χ2n) is 6.66. The lowest BCUT2D eigenvalue weighted by molar-refractivity contribution is 0.0955. The Morgan fingerprint density at radius 1 is 1.03 bits per heavy atom. The predicted molar refractivity (Wildman–Crippen MR) is 116 cm³/mol. The minimum Gasteiger partial charge on any atom is -0.508 e. The standard InChI is InChI=1S/C24H24N2O4/c1-3-29-23-14-18(15-25-26-24(28)20-8-10-21(27)11-9-20)7-12-22(23)30-16-19-6-4-5-17(2)13-19/h4-15,27H,3,16H2,1-2H3,(H,26,28)/b25-15+. The van der Waals surface area contributed by atoms with Crippen LogP contribution in [0.5, 0.6) is 17.2 Å². The molecule has 0 aliphatic carbocycles. The molecule has 2 N–H and O–H groups in total. The smallest absolute Gasteiger partial charge is 0.271 e. The van der Waals surface area contributed by atoms with Crippen molar-refractivity contribution in [3.8, 4) is 17.2 Å². The van der Waals surface area contributed by atoms with Gasteiger partial charge in [0.25, 0.3) is 5.91 Å². The number of carbonyl (C=O) groups is 1. The maximum Gasteiger partial charge on any atom is 0.271 e. The molecule has 0 unspecified atom stereocenters. The molecule has 3 rings (SSSR count). The van der Waals surface area contributed by atoms with Gasteiger partial charge in [0.15, 0.2) is 11.5 Å². The van der Waals surface area contributed by atoms with E-state index in [-0.39, 0.29) is 11.7 Å². The van der Waals surface area contributed by atoms with Crippen LogP contribution in [0, 0.1) is 6.92 Å². The number of amides is 1. The van der Waals surface area contributed by atoms with Crippen LogP contribution in [0.2, 0.25) is 0 Å². The Hall–Kier alpha value is -3.80. The summed E-state index contributed by atoms with van der Waals surface area (Å²) < 4.78 is 11.6. The van der Waals surface area contributed by atoms with Crippen molar-refractivity contribution in [2.24, 2.45) is 5.10 Å². The van der Waals surface area contributed by atoms with Gasteiger partial charge in [-0.05, 0) is 67.4 Å². The number of aromatic hydroxyl groups is 1. The van der Waals surface area contributed by atoms with Crippen molar-refractivity contribution >= 4 is 12.1 Å². The molecule has 0 saturated carbocycles. The van der Waals surface area contributed by atoms with Gasteiger partial charge in [0.1, 0.15) is 12.4 Å². The van der Waals surface area contributed by atoms with E-state index in [1.165, 1.54) is 36.0 Å². The molecule has 0 atom stereocenters. The van der Waals surface area contributed by atoms with Crippen LogP contribution in [0.25, 0.3) is 0 Å². The number of hydrazone groups is 1. The molecule has 154 valence electrons. The maximum atomic E-state index is 12.1. The summed E-state index contributed by atoms with van der Waals surface area (Å²) in [7, 11) is 0. The highest BCUT2D eigenvalue weighted by atomic mass is 16.5. The molecular formula is C24H24N2O4. The fraction of sp³-hybridized carbons (Fsp3) is 0.167. The zero-order valence-corrected chi connectivity index (χ0v) is 17.0. The number of phenolic OH excluding ortho intramolecular Hbond substituents is 1. The molecule has 6 heteroatoms. The van der Waals surface area contributed by atoms with Crippen molar-refractivity contribution in [3.05, 3.63) is 89.0 Å². The van der Waals surface area contributed by atoms with Crippen molar-refractivity contribution in [2.75, 3.05) is 6.61 Å². The van der Waals surface area contributed by atoms with Crippen molar-refractivity contribution in [1.82, 2.24) is 5.43 Å². The molecule has 0 radical (unpaired) electrons. The zero-order valence-electron chi connectivity index (χ0n) is 17.0. The second-order valence-corrected chi connectivity index (χ2v) is 6.66. The van der Waals surface area contributed by atoms with Crippen molar-refractivity contribution in [1.29, 1.82) is 0 Å². The van der Waals surface area contributed by atoms with Crippen LogP contribution in [0.1, 0.15) is 34.0 Å². The van der Waals surface area contributed by atoms with Gasteiger partial charge in [-0.1, -0.05) is 29.8 Å². The highest BCUT2D eigenvalue weighted by Gasteiger charge is 2.07. The number of nitrogens with one attached hydrogen (secondary N) is 1. The first-order valence-electron chi connectivity index (χ1n) is 9.63. The fourth-order valence-corrected chi connectivity index (χ4v) is 2.80. The molecule has 0 aromatic heterocycles. The van der Waals surface area contributed by atoms with Crippen LogP contribution >= 0.6 is 0 Å². The number of carbonyl (C=O) groups excluding carboxylic acids is 1. The van der Waals surface area contributed by atoms with E-state index in [1.807, 2.05) is 50.2 Å². The molecule has 3 aromatic carbocycles. The van der Waals surface area contributed by atoms with Gasteiger partial charge >= 0.3 is 0 Å². The Labute approximate surface area is 175 Å². The molecule has 0 heterocycles. The zero-order chi connectivity index (χ0) is 21.3. The number of hydrogen-bond donors (Lipinski definition) is 2. The summed E-state index contributed by atoms with van der Waals surface area (Å²) in [6.07, 6.45) is 1.53. The summed E-state index contributed by atoms with van der Waals surface area (Å²) in [5.74, 6) is 0.986. The summed E-state index contributed by atoms with van der Waals surface area (Å²) in [6.45, 7) is 4.89.